The van der Waals surface area contributed by atoms with E-state index in [0.717, 1.165) is 32.1 Å². The number of fused-ring (bicyclic) bond motifs is 2. The van der Waals surface area contributed by atoms with E-state index in [-0.39, 0.29) is 23.0 Å². The second-order valence-electron chi connectivity index (χ2n) is 6.24. The average molecular weight is 522 g/mol. The minimum Gasteiger partial charge on any atom is -0.228 e. The van der Waals surface area contributed by atoms with Gasteiger partial charge >= 0.3 is 0 Å². The topological polar surface area (TPSA) is 68.3 Å². The summed E-state index contributed by atoms with van der Waals surface area (Å²) in [5, 5.41) is 0. The summed E-state index contributed by atoms with van der Waals surface area (Å²) in [5.41, 5.74) is 0. The van der Waals surface area contributed by atoms with Crippen LogP contribution < -0.4 is 0 Å². The molecule has 0 atom stereocenters. The number of thiophene rings is 1. The van der Waals surface area contributed by atoms with Gasteiger partial charge in [0.1, 0.15) is 0 Å². The van der Waals surface area contributed by atoms with Crippen LogP contribution >= 0.6 is 43.2 Å². The van der Waals surface area contributed by atoms with Gasteiger partial charge in [-0.2, -0.15) is 0 Å². The minimum absolute atomic E-state index is 0.0309. The van der Waals surface area contributed by atoms with Gasteiger partial charge < -0.3 is 0 Å². The first kappa shape index (κ1) is 20.9. The molecule has 0 N–H and O–H groups in total. The van der Waals surface area contributed by atoms with Crippen molar-refractivity contribution in [3.8, 4) is 0 Å². The molecule has 0 spiro atoms. The zero-order valence-electron chi connectivity index (χ0n) is 13.4. The molecular weight excluding hydrogens is 500 g/mol. The summed E-state index contributed by atoms with van der Waals surface area (Å²) < 4.78 is 50.6. The van der Waals surface area contributed by atoms with Gasteiger partial charge in [-0.1, -0.05) is 32.1 Å². The van der Waals surface area contributed by atoms with E-state index in [9.17, 15) is 16.8 Å². The van der Waals surface area contributed by atoms with E-state index in [1.807, 2.05) is 0 Å². The van der Waals surface area contributed by atoms with Gasteiger partial charge in [-0.25, -0.2) is 16.8 Å². The SMILES string of the molecule is O=S1(=O)CCCCCCCCCS(=O)(=O)Cc2sc(c(Br)c2Br)C1. The molecule has 0 aromatic carbocycles. The first-order valence-corrected chi connectivity index (χ1v) is 14.1. The summed E-state index contributed by atoms with van der Waals surface area (Å²) in [6, 6.07) is 0. The van der Waals surface area contributed by atoms with Crippen molar-refractivity contribution in [2.24, 2.45) is 0 Å². The highest BCUT2D eigenvalue weighted by Gasteiger charge is 2.23. The number of sulfone groups is 2. The molecule has 1 aromatic heterocycles. The molecule has 24 heavy (non-hydrogen) atoms. The van der Waals surface area contributed by atoms with Crippen LogP contribution in [0.5, 0.6) is 0 Å². The summed E-state index contributed by atoms with van der Waals surface area (Å²) >= 11 is 8.09. The van der Waals surface area contributed by atoms with Gasteiger partial charge in [0, 0.05) is 18.7 Å². The second-order valence-corrected chi connectivity index (χ2v) is 13.4. The first-order valence-electron chi connectivity index (χ1n) is 8.06. The number of halogens is 2. The number of hydrogen-bond acceptors (Lipinski definition) is 5. The van der Waals surface area contributed by atoms with Crippen LogP contribution in [0.3, 0.4) is 0 Å². The van der Waals surface area contributed by atoms with Crippen LogP contribution in [0.2, 0.25) is 0 Å². The lowest BCUT2D eigenvalue weighted by atomic mass is 10.1. The van der Waals surface area contributed by atoms with Crippen molar-refractivity contribution < 1.29 is 16.8 Å². The Morgan fingerprint density at radius 2 is 0.958 bits per heavy atom. The Morgan fingerprint density at radius 3 is 1.33 bits per heavy atom. The van der Waals surface area contributed by atoms with E-state index >= 15 is 0 Å². The quantitative estimate of drug-likeness (QED) is 0.489. The summed E-state index contributed by atoms with van der Waals surface area (Å²) in [7, 11) is -6.35. The highest BCUT2D eigenvalue weighted by molar-refractivity contribution is 9.13. The van der Waals surface area contributed by atoms with E-state index < -0.39 is 19.7 Å². The van der Waals surface area contributed by atoms with Crippen LogP contribution in [-0.4, -0.2) is 28.3 Å². The monoisotopic (exact) mass is 520 g/mol. The van der Waals surface area contributed by atoms with Crippen LogP contribution in [0.25, 0.3) is 0 Å². The van der Waals surface area contributed by atoms with E-state index in [0.29, 0.717) is 31.5 Å². The zero-order valence-corrected chi connectivity index (χ0v) is 19.0. The zero-order chi connectivity index (χ0) is 17.8. The third kappa shape index (κ3) is 6.37. The first-order chi connectivity index (χ1) is 11.2. The molecule has 1 aliphatic heterocycles. The maximum absolute atomic E-state index is 12.3. The maximum atomic E-state index is 12.3. The lowest BCUT2D eigenvalue weighted by Gasteiger charge is -2.06. The predicted molar refractivity (Wildman–Crippen MR) is 107 cm³/mol. The second kappa shape index (κ2) is 8.97. The fraction of sp³-hybridized carbons (Fsp3) is 0.733. The van der Waals surface area contributed by atoms with Gasteiger partial charge in [0.05, 0.1) is 23.0 Å². The van der Waals surface area contributed by atoms with E-state index in [1.54, 1.807) is 0 Å². The highest BCUT2D eigenvalue weighted by Crippen LogP contribution is 2.39. The fourth-order valence-electron chi connectivity index (χ4n) is 2.74. The van der Waals surface area contributed by atoms with Gasteiger partial charge in [-0.3, -0.25) is 0 Å². The Hall–Kier alpha value is 0.560. The lowest BCUT2D eigenvalue weighted by molar-refractivity contribution is 0.573. The van der Waals surface area contributed by atoms with Crippen molar-refractivity contribution in [2.75, 3.05) is 11.5 Å². The summed E-state index contributed by atoms with van der Waals surface area (Å²) in [6.07, 6.45) is 6.31. The van der Waals surface area contributed by atoms with Gasteiger partial charge in [0.25, 0.3) is 0 Å². The Morgan fingerprint density at radius 1 is 0.625 bits per heavy atom. The molecule has 2 heterocycles. The third-order valence-electron chi connectivity index (χ3n) is 4.04. The van der Waals surface area contributed by atoms with Crippen molar-refractivity contribution in [3.05, 3.63) is 18.7 Å². The van der Waals surface area contributed by atoms with Gasteiger partial charge in [0.2, 0.25) is 0 Å². The molecule has 2 rings (SSSR count). The molecule has 138 valence electrons. The van der Waals surface area contributed by atoms with E-state index in [2.05, 4.69) is 31.9 Å². The summed E-state index contributed by atoms with van der Waals surface area (Å²) in [5.74, 6) is 0.332. The lowest BCUT2D eigenvalue weighted by Crippen LogP contribution is -2.09. The van der Waals surface area contributed by atoms with E-state index in [4.69, 9.17) is 0 Å². The van der Waals surface area contributed by atoms with Crippen molar-refractivity contribution in [1.29, 1.82) is 0 Å². The largest absolute Gasteiger partial charge is 0.228 e. The van der Waals surface area contributed by atoms with Crippen molar-refractivity contribution in [2.45, 2.75) is 56.5 Å². The van der Waals surface area contributed by atoms with E-state index in [1.165, 1.54) is 11.3 Å². The maximum Gasteiger partial charge on any atom is 0.155 e. The number of hydrogen-bond donors (Lipinski definition) is 0. The molecule has 0 aliphatic carbocycles. The Labute approximate surface area is 165 Å². The van der Waals surface area contributed by atoms with Crippen LogP contribution in [0, 0.1) is 0 Å². The van der Waals surface area contributed by atoms with Crippen LogP contribution in [0.4, 0.5) is 0 Å². The van der Waals surface area contributed by atoms with Gasteiger partial charge in [0.15, 0.2) is 19.7 Å². The van der Waals surface area contributed by atoms with Crippen LogP contribution in [0.1, 0.15) is 54.7 Å². The van der Waals surface area contributed by atoms with Crippen molar-refractivity contribution >= 4 is 62.9 Å². The van der Waals surface area contributed by atoms with Crippen molar-refractivity contribution in [3.63, 3.8) is 0 Å². The summed E-state index contributed by atoms with van der Waals surface area (Å²) in [4.78, 5) is 1.36. The van der Waals surface area contributed by atoms with Gasteiger partial charge in [-0.15, -0.1) is 11.3 Å². The third-order valence-corrected chi connectivity index (χ3v) is 11.7. The molecule has 0 unspecified atom stereocenters. The normalized spacial score (nSPS) is 22.9. The Bertz CT molecular complexity index is 704. The smallest absolute Gasteiger partial charge is 0.155 e. The minimum atomic E-state index is -3.17. The molecule has 0 saturated carbocycles. The predicted octanol–water partition coefficient (Wildman–Crippen LogP) is 4.85. The fourth-order valence-corrected chi connectivity index (χ4v) is 9.51. The average Bonchev–Trinajstić information content (AvgIpc) is 2.71. The molecule has 4 nitrogen and oxygen atoms in total. The highest BCUT2D eigenvalue weighted by atomic mass is 79.9. The molecule has 0 saturated heterocycles. The molecule has 1 aromatic rings. The molecule has 0 radical (unpaired) electrons. The molecule has 0 fully saturated rings. The molecule has 9 heteroatoms. The van der Waals surface area contributed by atoms with Gasteiger partial charge in [-0.05, 0) is 44.7 Å². The van der Waals surface area contributed by atoms with Crippen LogP contribution in [0.15, 0.2) is 8.95 Å². The molecular formula is C15H22Br2O4S3. The molecule has 0 amide bonds. The Balaban J connectivity index is 2.26. The number of rotatable bonds is 0. The molecule has 1 aliphatic rings. The summed E-state index contributed by atoms with van der Waals surface area (Å²) in [6.45, 7) is 0. The van der Waals surface area contributed by atoms with Crippen LogP contribution in [-0.2, 0) is 31.2 Å². The van der Waals surface area contributed by atoms with Crippen molar-refractivity contribution in [1.82, 2.24) is 0 Å². The Kier molecular flexibility index (Phi) is 7.80. The molecule has 2 bridgehead atoms. The standard InChI is InChI=1S/C15H22Br2O4S3/c16-14-12-10-23(18,19)8-6-4-2-1-3-5-7-9-24(20,21)11-13(22-12)15(14)17/h1-11H2.